The number of Topliss-reactive ketones (excluding diaryl/α,β-unsaturated/α-hetero) is 1. The molecule has 0 radical (unpaired) electrons. The van der Waals surface area contributed by atoms with Gasteiger partial charge in [-0.05, 0) is 39.5 Å². The maximum Gasteiger partial charge on any atom is 0.408 e. The third-order valence-corrected chi connectivity index (χ3v) is 2.82. The maximum atomic E-state index is 11.8. The quantitative estimate of drug-likeness (QED) is 0.753. The van der Waals surface area contributed by atoms with Gasteiger partial charge in [-0.2, -0.15) is 0 Å². The fourth-order valence-corrected chi connectivity index (χ4v) is 1.74. The van der Waals surface area contributed by atoms with E-state index in [-0.39, 0.29) is 12.2 Å². The molecule has 6 heteroatoms. The van der Waals surface area contributed by atoms with Gasteiger partial charge in [0.15, 0.2) is 0 Å². The number of carbonyl (C=O) groups excluding carboxylic acids is 3. The number of nitrogens with one attached hydrogen (secondary N) is 1. The molecular weight excluding hydrogens is 262 g/mol. The van der Waals surface area contributed by atoms with Gasteiger partial charge >= 0.3 is 12.1 Å². The molecule has 0 aromatic heterocycles. The van der Waals surface area contributed by atoms with Gasteiger partial charge < -0.3 is 14.8 Å². The van der Waals surface area contributed by atoms with Crippen molar-refractivity contribution in [1.29, 1.82) is 0 Å². The molecule has 0 aromatic carbocycles. The molecule has 0 heterocycles. The Balaban J connectivity index is 2.52. The lowest BCUT2D eigenvalue weighted by molar-refractivity contribution is -0.144. The molecule has 1 aliphatic rings. The fraction of sp³-hybridized carbons (Fsp3) is 0.786. The lowest BCUT2D eigenvalue weighted by atomic mass is 10.1. The van der Waals surface area contributed by atoms with Crippen molar-refractivity contribution >= 4 is 17.8 Å². The fourth-order valence-electron chi connectivity index (χ4n) is 1.74. The van der Waals surface area contributed by atoms with Crippen molar-refractivity contribution in [3.8, 4) is 0 Å². The summed E-state index contributed by atoms with van der Waals surface area (Å²) < 4.78 is 9.67. The number of ketones is 1. The van der Waals surface area contributed by atoms with E-state index in [1.807, 2.05) is 0 Å². The molecule has 1 unspecified atom stereocenters. The van der Waals surface area contributed by atoms with Crippen LogP contribution in [0.15, 0.2) is 0 Å². The molecule has 0 saturated heterocycles. The van der Waals surface area contributed by atoms with Gasteiger partial charge in [0.2, 0.25) is 0 Å². The Morgan fingerprint density at radius 2 is 1.85 bits per heavy atom. The minimum absolute atomic E-state index is 0.0426. The van der Waals surface area contributed by atoms with Crippen LogP contribution in [0.1, 0.15) is 46.5 Å². The molecule has 1 amide bonds. The van der Waals surface area contributed by atoms with Crippen LogP contribution < -0.4 is 5.32 Å². The Morgan fingerprint density at radius 1 is 1.25 bits per heavy atom. The summed E-state index contributed by atoms with van der Waals surface area (Å²) >= 11 is 0. The molecule has 1 saturated carbocycles. The summed E-state index contributed by atoms with van der Waals surface area (Å²) in [6.07, 6.45) is 1.81. The topological polar surface area (TPSA) is 81.7 Å². The van der Waals surface area contributed by atoms with Crippen LogP contribution in [-0.2, 0) is 19.1 Å². The van der Waals surface area contributed by atoms with E-state index in [4.69, 9.17) is 4.74 Å². The second-order valence-corrected chi connectivity index (χ2v) is 6.11. The summed E-state index contributed by atoms with van der Waals surface area (Å²) in [6.45, 7) is 5.16. The second kappa shape index (κ2) is 6.72. The van der Waals surface area contributed by atoms with Crippen LogP contribution in [0.2, 0.25) is 0 Å². The van der Waals surface area contributed by atoms with Crippen LogP contribution in [0, 0.1) is 5.92 Å². The van der Waals surface area contributed by atoms with E-state index in [0.717, 1.165) is 12.8 Å². The lowest BCUT2D eigenvalue weighted by Crippen LogP contribution is -2.45. The van der Waals surface area contributed by atoms with E-state index in [2.05, 4.69) is 10.1 Å². The standard InChI is InChI=1S/C14H23NO5/c1-14(2,3)20-13(18)15-11(12(17)19-4)8-10(16)7-9-5-6-9/h9,11H,5-8H2,1-4H3,(H,15,18). The molecule has 114 valence electrons. The van der Waals surface area contributed by atoms with E-state index in [9.17, 15) is 14.4 Å². The number of carbonyl (C=O) groups is 3. The number of amides is 1. The minimum Gasteiger partial charge on any atom is -0.467 e. The smallest absolute Gasteiger partial charge is 0.408 e. The lowest BCUT2D eigenvalue weighted by Gasteiger charge is -2.22. The SMILES string of the molecule is COC(=O)C(CC(=O)CC1CC1)NC(=O)OC(C)(C)C. The van der Waals surface area contributed by atoms with Gasteiger partial charge in [-0.1, -0.05) is 0 Å². The minimum atomic E-state index is -0.985. The Kier molecular flexibility index (Phi) is 5.53. The highest BCUT2D eigenvalue weighted by Crippen LogP contribution is 2.32. The van der Waals surface area contributed by atoms with E-state index >= 15 is 0 Å². The monoisotopic (exact) mass is 285 g/mol. The summed E-state index contributed by atoms with van der Waals surface area (Å²) in [7, 11) is 1.22. The van der Waals surface area contributed by atoms with Crippen molar-refractivity contribution in [3.05, 3.63) is 0 Å². The maximum absolute atomic E-state index is 11.8. The number of esters is 1. The molecular formula is C14H23NO5. The van der Waals surface area contributed by atoms with Crippen LogP contribution in [-0.4, -0.2) is 36.6 Å². The van der Waals surface area contributed by atoms with Gasteiger partial charge in [0.1, 0.15) is 17.4 Å². The molecule has 0 aliphatic heterocycles. The Bertz CT molecular complexity index is 382. The van der Waals surface area contributed by atoms with Crippen molar-refractivity contribution in [2.24, 2.45) is 5.92 Å². The summed E-state index contributed by atoms with van der Waals surface area (Å²) in [5, 5.41) is 2.39. The zero-order chi connectivity index (χ0) is 15.3. The van der Waals surface area contributed by atoms with Crippen LogP contribution in [0.25, 0.3) is 0 Å². The molecule has 0 spiro atoms. The number of alkyl carbamates (subject to hydrolysis) is 1. The van der Waals surface area contributed by atoms with E-state index in [0.29, 0.717) is 12.3 Å². The molecule has 20 heavy (non-hydrogen) atoms. The first-order valence-corrected chi connectivity index (χ1v) is 6.80. The molecule has 1 N–H and O–H groups in total. The van der Waals surface area contributed by atoms with Gasteiger partial charge in [-0.15, -0.1) is 0 Å². The van der Waals surface area contributed by atoms with E-state index in [1.165, 1.54) is 7.11 Å². The van der Waals surface area contributed by atoms with Crippen molar-refractivity contribution in [2.45, 2.75) is 58.1 Å². The first-order chi connectivity index (χ1) is 9.21. The third kappa shape index (κ3) is 6.54. The summed E-state index contributed by atoms with van der Waals surface area (Å²) in [6, 6.07) is -0.985. The molecule has 1 fully saturated rings. The van der Waals surface area contributed by atoms with Crippen LogP contribution in [0.4, 0.5) is 4.79 Å². The molecule has 6 nitrogen and oxygen atoms in total. The molecule has 1 rings (SSSR count). The van der Waals surface area contributed by atoms with Crippen molar-refractivity contribution in [1.82, 2.24) is 5.32 Å². The summed E-state index contributed by atoms with van der Waals surface area (Å²) in [5.41, 5.74) is -0.664. The van der Waals surface area contributed by atoms with E-state index in [1.54, 1.807) is 20.8 Å². The molecule has 1 atom stereocenters. The van der Waals surface area contributed by atoms with Crippen LogP contribution >= 0.6 is 0 Å². The van der Waals surface area contributed by atoms with Gasteiger partial charge in [0, 0.05) is 12.8 Å². The largest absolute Gasteiger partial charge is 0.467 e. The number of rotatable bonds is 6. The van der Waals surface area contributed by atoms with E-state index < -0.39 is 23.7 Å². The Morgan fingerprint density at radius 3 is 2.30 bits per heavy atom. The zero-order valence-corrected chi connectivity index (χ0v) is 12.5. The van der Waals surface area contributed by atoms with Gasteiger partial charge in [0.25, 0.3) is 0 Å². The number of hydrogen-bond donors (Lipinski definition) is 1. The van der Waals surface area contributed by atoms with Gasteiger partial charge in [0.05, 0.1) is 7.11 Å². The van der Waals surface area contributed by atoms with Crippen molar-refractivity contribution in [3.63, 3.8) is 0 Å². The summed E-state index contributed by atoms with van der Waals surface area (Å²) in [5.74, 6) is -0.235. The Labute approximate surface area is 119 Å². The van der Waals surface area contributed by atoms with Crippen molar-refractivity contribution < 1.29 is 23.9 Å². The number of ether oxygens (including phenoxy) is 2. The van der Waals surface area contributed by atoms with Crippen LogP contribution in [0.3, 0.4) is 0 Å². The predicted molar refractivity (Wildman–Crippen MR) is 72.1 cm³/mol. The highest BCUT2D eigenvalue weighted by molar-refractivity contribution is 5.89. The average molecular weight is 285 g/mol. The number of methoxy groups -OCH3 is 1. The summed E-state index contributed by atoms with van der Waals surface area (Å²) in [4.78, 5) is 35.0. The Hall–Kier alpha value is -1.59. The van der Waals surface area contributed by atoms with Gasteiger partial charge in [-0.3, -0.25) is 4.79 Å². The van der Waals surface area contributed by atoms with Crippen LogP contribution in [0.5, 0.6) is 0 Å². The third-order valence-electron chi connectivity index (χ3n) is 2.82. The predicted octanol–water partition coefficient (Wildman–Crippen LogP) is 1.81. The second-order valence-electron chi connectivity index (χ2n) is 6.11. The highest BCUT2D eigenvalue weighted by Gasteiger charge is 2.30. The molecule has 0 bridgehead atoms. The first kappa shape index (κ1) is 16.5. The average Bonchev–Trinajstić information content (AvgIpc) is 3.08. The first-order valence-electron chi connectivity index (χ1n) is 6.80. The highest BCUT2D eigenvalue weighted by atomic mass is 16.6. The van der Waals surface area contributed by atoms with Gasteiger partial charge in [-0.25, -0.2) is 9.59 Å². The zero-order valence-electron chi connectivity index (χ0n) is 12.5. The molecule has 0 aromatic rings. The van der Waals surface area contributed by atoms with Crippen molar-refractivity contribution in [2.75, 3.05) is 7.11 Å². The normalized spacial score (nSPS) is 16.2. The number of hydrogen-bond acceptors (Lipinski definition) is 5. The molecule has 1 aliphatic carbocycles.